The van der Waals surface area contributed by atoms with Crippen molar-refractivity contribution in [3.05, 3.63) is 29.3 Å². The van der Waals surface area contributed by atoms with Gasteiger partial charge >= 0.3 is 5.97 Å². The van der Waals surface area contributed by atoms with Gasteiger partial charge in [0.25, 0.3) is 0 Å². The highest BCUT2D eigenvalue weighted by Crippen LogP contribution is 2.26. The molecule has 0 aliphatic carbocycles. The summed E-state index contributed by atoms with van der Waals surface area (Å²) in [6, 6.07) is 1.67. The Kier molecular flexibility index (Phi) is 4.08. The van der Waals surface area contributed by atoms with Crippen LogP contribution in [0.2, 0.25) is 0 Å². The third kappa shape index (κ3) is 2.92. The van der Waals surface area contributed by atoms with Gasteiger partial charge in [-0.2, -0.15) is 0 Å². The lowest BCUT2D eigenvalue weighted by atomic mass is 10.2. The molecule has 0 bridgehead atoms. The number of rotatable bonds is 4. The maximum absolute atomic E-state index is 13.3. The van der Waals surface area contributed by atoms with E-state index in [1.54, 1.807) is 0 Å². The summed E-state index contributed by atoms with van der Waals surface area (Å²) in [4.78, 5) is 10.4. The minimum Gasteiger partial charge on any atom is -0.478 e. The first-order chi connectivity index (χ1) is 7.06. The minimum atomic E-state index is -1.33. The van der Waals surface area contributed by atoms with Crippen molar-refractivity contribution in [2.45, 2.75) is 18.2 Å². The Bertz CT molecular complexity index is 357. The summed E-state index contributed by atoms with van der Waals surface area (Å²) in [6.07, 6.45) is 0.796. The molecular formula is C10H10F2O2S. The van der Waals surface area contributed by atoms with Crippen molar-refractivity contribution in [2.24, 2.45) is 0 Å². The van der Waals surface area contributed by atoms with E-state index in [2.05, 4.69) is 0 Å². The van der Waals surface area contributed by atoms with Gasteiger partial charge in [0, 0.05) is 0 Å². The molecule has 0 radical (unpaired) electrons. The average molecular weight is 232 g/mol. The van der Waals surface area contributed by atoms with Gasteiger partial charge in [-0.1, -0.05) is 6.92 Å². The summed E-state index contributed by atoms with van der Waals surface area (Å²) in [6.45, 7) is 1.90. The summed E-state index contributed by atoms with van der Waals surface area (Å²) in [5, 5.41) is 8.56. The first-order valence-electron chi connectivity index (χ1n) is 4.41. The van der Waals surface area contributed by atoms with E-state index in [1.165, 1.54) is 0 Å². The summed E-state index contributed by atoms with van der Waals surface area (Å²) in [5.74, 6) is -2.36. The van der Waals surface area contributed by atoms with Crippen LogP contribution in [0.5, 0.6) is 0 Å². The fraction of sp³-hybridized carbons (Fsp3) is 0.300. The summed E-state index contributed by atoms with van der Waals surface area (Å²) in [5.41, 5.74) is -0.370. The predicted octanol–water partition coefficient (Wildman–Crippen LogP) is 3.17. The maximum atomic E-state index is 13.3. The Morgan fingerprint density at radius 2 is 1.93 bits per heavy atom. The van der Waals surface area contributed by atoms with Gasteiger partial charge in [-0.3, -0.25) is 0 Å². The molecule has 0 saturated carbocycles. The van der Waals surface area contributed by atoms with Gasteiger partial charge in [-0.15, -0.1) is 11.8 Å². The van der Waals surface area contributed by atoms with Crippen LogP contribution < -0.4 is 0 Å². The normalized spacial score (nSPS) is 10.3. The SMILES string of the molecule is CCCSc1c(F)cc(C(=O)O)cc1F. The quantitative estimate of drug-likeness (QED) is 0.810. The van der Waals surface area contributed by atoms with Crippen LogP contribution in [-0.2, 0) is 0 Å². The van der Waals surface area contributed by atoms with Crippen LogP contribution in [0.25, 0.3) is 0 Å². The second kappa shape index (κ2) is 5.11. The monoisotopic (exact) mass is 232 g/mol. The highest BCUT2D eigenvalue weighted by Gasteiger charge is 2.14. The van der Waals surface area contributed by atoms with Crippen LogP contribution in [0.1, 0.15) is 23.7 Å². The molecule has 0 unspecified atom stereocenters. The fourth-order valence-electron chi connectivity index (χ4n) is 1.03. The van der Waals surface area contributed by atoms with E-state index in [0.717, 1.165) is 30.3 Å². The molecule has 0 aliphatic heterocycles. The van der Waals surface area contributed by atoms with Crippen LogP contribution in [0.15, 0.2) is 17.0 Å². The number of carboxylic acids is 1. The van der Waals surface area contributed by atoms with E-state index >= 15 is 0 Å². The van der Waals surface area contributed by atoms with Gasteiger partial charge in [0.05, 0.1) is 10.5 Å². The molecule has 0 aliphatic rings. The van der Waals surface area contributed by atoms with Crippen molar-refractivity contribution >= 4 is 17.7 Å². The number of thioether (sulfide) groups is 1. The van der Waals surface area contributed by atoms with Gasteiger partial charge < -0.3 is 5.11 Å². The van der Waals surface area contributed by atoms with Gasteiger partial charge in [0.2, 0.25) is 0 Å². The summed E-state index contributed by atoms with van der Waals surface area (Å²) in [7, 11) is 0. The van der Waals surface area contributed by atoms with Gasteiger partial charge in [0.1, 0.15) is 11.6 Å². The summed E-state index contributed by atoms with van der Waals surface area (Å²) < 4.78 is 26.5. The first-order valence-corrected chi connectivity index (χ1v) is 5.40. The number of hydrogen-bond acceptors (Lipinski definition) is 2. The zero-order valence-electron chi connectivity index (χ0n) is 8.09. The van der Waals surface area contributed by atoms with Crippen molar-refractivity contribution < 1.29 is 18.7 Å². The van der Waals surface area contributed by atoms with Crippen LogP contribution in [-0.4, -0.2) is 16.8 Å². The fourth-order valence-corrected chi connectivity index (χ4v) is 1.83. The van der Waals surface area contributed by atoms with Crippen molar-refractivity contribution in [3.8, 4) is 0 Å². The molecule has 0 aromatic heterocycles. The summed E-state index contributed by atoms with van der Waals surface area (Å²) >= 11 is 1.05. The van der Waals surface area contributed by atoms with Crippen molar-refractivity contribution in [2.75, 3.05) is 5.75 Å². The zero-order chi connectivity index (χ0) is 11.4. The lowest BCUT2D eigenvalue weighted by Gasteiger charge is -2.04. The number of benzene rings is 1. The topological polar surface area (TPSA) is 37.3 Å². The van der Waals surface area contributed by atoms with Crippen molar-refractivity contribution in [3.63, 3.8) is 0 Å². The highest BCUT2D eigenvalue weighted by molar-refractivity contribution is 7.99. The Morgan fingerprint density at radius 3 is 2.33 bits per heavy atom. The molecule has 0 fully saturated rings. The number of halogens is 2. The molecule has 0 atom stereocenters. The van der Waals surface area contributed by atoms with Crippen molar-refractivity contribution in [1.82, 2.24) is 0 Å². The third-order valence-electron chi connectivity index (χ3n) is 1.70. The molecule has 0 saturated heterocycles. The van der Waals surface area contributed by atoms with Gasteiger partial charge in [-0.25, -0.2) is 13.6 Å². The second-order valence-electron chi connectivity index (χ2n) is 2.92. The van der Waals surface area contributed by atoms with E-state index in [0.29, 0.717) is 5.75 Å². The molecule has 0 amide bonds. The molecule has 1 aromatic carbocycles. The number of carbonyl (C=O) groups is 1. The minimum absolute atomic E-state index is 0.109. The molecule has 1 aromatic rings. The van der Waals surface area contributed by atoms with E-state index in [1.807, 2.05) is 6.92 Å². The Morgan fingerprint density at radius 1 is 1.40 bits per heavy atom. The lowest BCUT2D eigenvalue weighted by molar-refractivity contribution is 0.0695. The first kappa shape index (κ1) is 12.0. The largest absolute Gasteiger partial charge is 0.478 e. The molecule has 82 valence electrons. The van der Waals surface area contributed by atoms with E-state index < -0.39 is 17.6 Å². The zero-order valence-corrected chi connectivity index (χ0v) is 8.91. The Hall–Kier alpha value is -1.10. The standard InChI is InChI=1S/C10H10F2O2S/c1-2-3-15-9-7(11)4-6(10(13)14)5-8(9)12/h4-5H,2-3H2,1H3,(H,13,14). The van der Waals surface area contributed by atoms with E-state index in [-0.39, 0.29) is 10.5 Å². The van der Waals surface area contributed by atoms with Crippen LogP contribution in [0, 0.1) is 11.6 Å². The number of aromatic carboxylic acids is 1. The average Bonchev–Trinajstić information content (AvgIpc) is 2.16. The second-order valence-corrected chi connectivity index (χ2v) is 4.03. The van der Waals surface area contributed by atoms with Crippen LogP contribution >= 0.6 is 11.8 Å². The van der Waals surface area contributed by atoms with E-state index in [9.17, 15) is 13.6 Å². The molecule has 5 heteroatoms. The molecule has 1 rings (SSSR count). The number of hydrogen-bond donors (Lipinski definition) is 1. The van der Waals surface area contributed by atoms with Crippen LogP contribution in [0.4, 0.5) is 8.78 Å². The highest BCUT2D eigenvalue weighted by atomic mass is 32.2. The molecular weight excluding hydrogens is 222 g/mol. The Labute approximate surface area is 90.3 Å². The third-order valence-corrected chi connectivity index (χ3v) is 2.99. The van der Waals surface area contributed by atoms with Crippen LogP contribution in [0.3, 0.4) is 0 Å². The molecule has 0 spiro atoms. The predicted molar refractivity (Wildman–Crippen MR) is 54.3 cm³/mol. The molecule has 1 N–H and O–H groups in total. The maximum Gasteiger partial charge on any atom is 0.335 e. The molecule has 2 nitrogen and oxygen atoms in total. The lowest BCUT2D eigenvalue weighted by Crippen LogP contribution is -2.00. The van der Waals surface area contributed by atoms with Crippen molar-refractivity contribution in [1.29, 1.82) is 0 Å². The van der Waals surface area contributed by atoms with Gasteiger partial charge in [0.15, 0.2) is 0 Å². The smallest absolute Gasteiger partial charge is 0.335 e. The Balaban J connectivity index is 3.04. The molecule has 0 heterocycles. The number of carboxylic acid groups (broad SMARTS) is 1. The molecule has 15 heavy (non-hydrogen) atoms. The van der Waals surface area contributed by atoms with E-state index in [4.69, 9.17) is 5.11 Å². The van der Waals surface area contributed by atoms with Gasteiger partial charge in [-0.05, 0) is 24.3 Å².